The van der Waals surface area contributed by atoms with Crippen LogP contribution in [0.4, 0.5) is 22.9 Å². The molecule has 2 aromatic heterocycles. The summed E-state index contributed by atoms with van der Waals surface area (Å²) in [5, 5.41) is 29.3. The van der Waals surface area contributed by atoms with E-state index >= 15 is 0 Å². The Hall–Kier alpha value is -7.25. The van der Waals surface area contributed by atoms with Crippen molar-refractivity contribution in [3.63, 3.8) is 0 Å². The number of piperidine rings is 1. The van der Waals surface area contributed by atoms with Crippen molar-refractivity contribution < 1.29 is 38.3 Å². The number of anilines is 4. The monoisotopic (exact) mass is 792 g/mol. The number of imide groups is 2. The Labute approximate surface area is 330 Å². The summed E-state index contributed by atoms with van der Waals surface area (Å²) < 4.78 is 7.33. The first-order valence-corrected chi connectivity index (χ1v) is 18.7. The molecule has 58 heavy (non-hydrogen) atoms. The van der Waals surface area contributed by atoms with E-state index in [2.05, 4.69) is 52.2 Å². The van der Waals surface area contributed by atoms with Crippen molar-refractivity contribution in [3.05, 3.63) is 65.6 Å². The van der Waals surface area contributed by atoms with Gasteiger partial charge in [0.2, 0.25) is 23.6 Å². The molecular weight excluding hydrogens is 752 g/mol. The molecule has 3 aliphatic rings. The standard InChI is InChI=1S/C38H40N12O8/c1-39-36(55)31-25(18-27(46-47-31)44-34(53)20-11-12-20)43-24-9-4-7-22(32(24)58-2)33-42-19-49(48-33)17-16-41-28(51)10-5-15-40-23-8-3-6-21-30(23)38(57)50(37(21)56)26-13-14-29(52)45-35(26)54/h3-4,6-9,18-20,26,40H,5,10-17H2,1-2H3,(H,39,55)(H,41,51)(H,45,52,54)(H2,43,44,46,53). The molecule has 20 heteroatoms. The normalized spacial score (nSPS) is 16.0. The van der Waals surface area contributed by atoms with Crippen molar-refractivity contribution in [1.29, 1.82) is 0 Å². The van der Waals surface area contributed by atoms with Gasteiger partial charge in [-0.2, -0.15) is 5.10 Å². The minimum Gasteiger partial charge on any atom is -0.494 e. The molecule has 1 unspecified atom stereocenters. The Balaban J connectivity index is 0.914. The summed E-state index contributed by atoms with van der Waals surface area (Å²) in [6.07, 6.45) is 3.85. The minimum atomic E-state index is -1.06. The van der Waals surface area contributed by atoms with Gasteiger partial charge in [0, 0.05) is 50.7 Å². The molecule has 1 saturated carbocycles. The highest BCUT2D eigenvalue weighted by Gasteiger charge is 2.45. The first-order chi connectivity index (χ1) is 28.1. The molecule has 2 aliphatic heterocycles. The molecule has 0 spiro atoms. The lowest BCUT2D eigenvalue weighted by atomic mass is 10.0. The molecule has 7 rings (SSSR count). The Morgan fingerprint density at radius 2 is 1.71 bits per heavy atom. The number of para-hydroxylation sites is 1. The second-order valence-corrected chi connectivity index (χ2v) is 13.7. The minimum absolute atomic E-state index is 0.00807. The van der Waals surface area contributed by atoms with Crippen LogP contribution in [-0.4, -0.2) is 105 Å². The van der Waals surface area contributed by atoms with Crippen LogP contribution in [-0.2, 0) is 25.7 Å². The van der Waals surface area contributed by atoms with Gasteiger partial charge in [-0.05, 0) is 49.9 Å². The molecular formula is C38H40N12O8. The number of benzene rings is 2. The molecule has 4 heterocycles. The molecule has 0 bridgehead atoms. The van der Waals surface area contributed by atoms with Crippen molar-refractivity contribution in [2.24, 2.45) is 5.92 Å². The van der Waals surface area contributed by atoms with Crippen molar-refractivity contribution in [1.82, 2.24) is 45.8 Å². The fraction of sp³-hybridized carbons (Fsp3) is 0.342. The highest BCUT2D eigenvalue weighted by atomic mass is 16.5. The lowest BCUT2D eigenvalue weighted by molar-refractivity contribution is -0.136. The molecule has 20 nitrogen and oxygen atoms in total. The van der Waals surface area contributed by atoms with Crippen LogP contribution in [0, 0.1) is 5.92 Å². The molecule has 2 aromatic carbocycles. The molecule has 4 aromatic rings. The third-order valence-corrected chi connectivity index (χ3v) is 9.73. The van der Waals surface area contributed by atoms with Gasteiger partial charge < -0.3 is 31.3 Å². The van der Waals surface area contributed by atoms with Crippen LogP contribution in [0.1, 0.15) is 69.7 Å². The van der Waals surface area contributed by atoms with Gasteiger partial charge in [0.05, 0.1) is 41.7 Å². The van der Waals surface area contributed by atoms with Crippen LogP contribution in [0.15, 0.2) is 48.8 Å². The first-order valence-electron chi connectivity index (χ1n) is 18.7. The van der Waals surface area contributed by atoms with Crippen LogP contribution in [0.3, 0.4) is 0 Å². The van der Waals surface area contributed by atoms with Crippen LogP contribution in [0.25, 0.3) is 11.4 Å². The van der Waals surface area contributed by atoms with Crippen molar-refractivity contribution in [3.8, 4) is 17.1 Å². The number of hydrogen-bond acceptors (Lipinski definition) is 14. The predicted octanol–water partition coefficient (Wildman–Crippen LogP) is 1.61. The molecule has 6 N–H and O–H groups in total. The van der Waals surface area contributed by atoms with E-state index in [-0.39, 0.29) is 71.9 Å². The van der Waals surface area contributed by atoms with Gasteiger partial charge in [-0.25, -0.2) is 4.98 Å². The quantitative estimate of drug-likeness (QED) is 0.0696. The molecule has 1 aliphatic carbocycles. The Morgan fingerprint density at radius 3 is 2.45 bits per heavy atom. The van der Waals surface area contributed by atoms with E-state index in [1.54, 1.807) is 35.0 Å². The molecule has 0 radical (unpaired) electrons. The van der Waals surface area contributed by atoms with Gasteiger partial charge >= 0.3 is 0 Å². The van der Waals surface area contributed by atoms with Crippen molar-refractivity contribution >= 4 is 64.2 Å². The van der Waals surface area contributed by atoms with Crippen LogP contribution < -0.4 is 36.6 Å². The van der Waals surface area contributed by atoms with E-state index < -0.39 is 35.6 Å². The molecule has 300 valence electrons. The summed E-state index contributed by atoms with van der Waals surface area (Å²) >= 11 is 0. The summed E-state index contributed by atoms with van der Waals surface area (Å²) in [7, 11) is 2.96. The van der Waals surface area contributed by atoms with Crippen LogP contribution >= 0.6 is 0 Å². The average molecular weight is 793 g/mol. The number of fused-ring (bicyclic) bond motifs is 1. The number of amides is 7. The second-order valence-electron chi connectivity index (χ2n) is 13.7. The topological polar surface area (TPSA) is 261 Å². The second kappa shape index (κ2) is 16.9. The summed E-state index contributed by atoms with van der Waals surface area (Å²) in [6.45, 7) is 0.916. The maximum Gasteiger partial charge on any atom is 0.273 e. The number of carbonyl (C=O) groups is 7. The van der Waals surface area contributed by atoms with Gasteiger partial charge in [0.15, 0.2) is 23.1 Å². The van der Waals surface area contributed by atoms with E-state index in [1.807, 2.05) is 0 Å². The zero-order valence-electron chi connectivity index (χ0n) is 31.6. The van der Waals surface area contributed by atoms with Crippen LogP contribution in [0.5, 0.6) is 5.75 Å². The first kappa shape index (κ1) is 39.0. The average Bonchev–Trinajstić information content (AvgIpc) is 3.92. The van der Waals surface area contributed by atoms with E-state index in [4.69, 9.17) is 4.74 Å². The third-order valence-electron chi connectivity index (χ3n) is 9.73. The lowest BCUT2D eigenvalue weighted by Gasteiger charge is -2.27. The number of ether oxygens (including phenoxy) is 1. The molecule has 1 atom stereocenters. The third kappa shape index (κ3) is 8.30. The lowest BCUT2D eigenvalue weighted by Crippen LogP contribution is -2.54. The van der Waals surface area contributed by atoms with E-state index in [0.29, 0.717) is 48.0 Å². The molecule has 2 fully saturated rings. The van der Waals surface area contributed by atoms with Gasteiger partial charge in [-0.3, -0.25) is 48.5 Å². The van der Waals surface area contributed by atoms with E-state index in [1.165, 1.54) is 32.6 Å². The summed E-state index contributed by atoms with van der Waals surface area (Å²) in [4.78, 5) is 93.4. The maximum absolute atomic E-state index is 13.3. The van der Waals surface area contributed by atoms with Crippen LogP contribution in [0.2, 0.25) is 0 Å². The highest BCUT2D eigenvalue weighted by molar-refractivity contribution is 6.25. The van der Waals surface area contributed by atoms with E-state index in [0.717, 1.165) is 17.7 Å². The molecule has 7 amide bonds. The number of nitrogens with zero attached hydrogens (tertiary/aromatic N) is 6. The summed E-state index contributed by atoms with van der Waals surface area (Å²) in [6, 6.07) is 10.5. The summed E-state index contributed by atoms with van der Waals surface area (Å²) in [5.74, 6) is -2.30. The smallest absolute Gasteiger partial charge is 0.273 e. The number of rotatable bonds is 16. The van der Waals surface area contributed by atoms with Gasteiger partial charge in [-0.15, -0.1) is 10.2 Å². The zero-order chi connectivity index (χ0) is 40.9. The van der Waals surface area contributed by atoms with Gasteiger partial charge in [-0.1, -0.05) is 12.1 Å². The SMILES string of the molecule is CNC(=O)c1nnc(NC(=O)C2CC2)cc1Nc1cccc(-c2ncn(CCNC(=O)CCCNc3cccc4c3C(=O)N(C3CCC(=O)NC3=O)C4=O)n2)c1OC. The van der Waals surface area contributed by atoms with Gasteiger partial charge in [0.25, 0.3) is 17.7 Å². The number of methoxy groups -OCH3 is 1. The van der Waals surface area contributed by atoms with Crippen molar-refractivity contribution in [2.75, 3.05) is 43.2 Å². The Bertz CT molecular complexity index is 2320. The number of nitrogens with one attached hydrogen (secondary N) is 6. The highest BCUT2D eigenvalue weighted by Crippen LogP contribution is 2.38. The summed E-state index contributed by atoms with van der Waals surface area (Å²) in [5.41, 5.74) is 2.05. The number of aromatic nitrogens is 5. The Kier molecular flexibility index (Phi) is 11.3. The zero-order valence-corrected chi connectivity index (χ0v) is 31.6. The van der Waals surface area contributed by atoms with Gasteiger partial charge in [0.1, 0.15) is 12.4 Å². The largest absolute Gasteiger partial charge is 0.494 e. The molecule has 1 saturated heterocycles. The fourth-order valence-electron chi connectivity index (χ4n) is 6.64. The number of hydrogen-bond donors (Lipinski definition) is 6. The van der Waals surface area contributed by atoms with E-state index in [9.17, 15) is 33.6 Å². The number of carbonyl (C=O) groups excluding carboxylic acids is 7. The Morgan fingerprint density at radius 1 is 0.931 bits per heavy atom. The fourth-order valence-corrected chi connectivity index (χ4v) is 6.64. The maximum atomic E-state index is 13.3. The predicted molar refractivity (Wildman–Crippen MR) is 206 cm³/mol. The van der Waals surface area contributed by atoms with Crippen molar-refractivity contribution in [2.45, 2.75) is 51.1 Å².